The number of nitrogens with zero attached hydrogens (tertiary/aromatic N) is 1. The molecule has 19 heavy (non-hydrogen) atoms. The summed E-state index contributed by atoms with van der Waals surface area (Å²) in [5, 5.41) is 6.77. The van der Waals surface area contributed by atoms with Crippen molar-refractivity contribution < 1.29 is 0 Å². The molecule has 102 valence electrons. The van der Waals surface area contributed by atoms with E-state index in [9.17, 15) is 0 Å². The van der Waals surface area contributed by atoms with Crippen molar-refractivity contribution in [2.75, 3.05) is 6.54 Å². The maximum atomic E-state index is 5.75. The number of aryl methyl sites for hydroxylation is 1. The van der Waals surface area contributed by atoms with E-state index >= 15 is 0 Å². The molecule has 2 aromatic rings. The van der Waals surface area contributed by atoms with E-state index in [0.717, 1.165) is 23.7 Å². The van der Waals surface area contributed by atoms with Crippen LogP contribution in [0.2, 0.25) is 0 Å². The standard InChI is InChI=1S/C15H21N3S/c1-11-10-19-15(18-11)12(2)17-8-7-13-5-3-4-6-14(13)9-16/h3-6,10,12,17H,7-9,16H2,1-2H3. The minimum Gasteiger partial charge on any atom is -0.326 e. The lowest BCUT2D eigenvalue weighted by atomic mass is 10.0. The van der Waals surface area contributed by atoms with Gasteiger partial charge in [0.15, 0.2) is 0 Å². The summed E-state index contributed by atoms with van der Waals surface area (Å²) < 4.78 is 0. The minimum atomic E-state index is 0.309. The molecule has 0 aliphatic heterocycles. The fourth-order valence-electron chi connectivity index (χ4n) is 2.08. The monoisotopic (exact) mass is 275 g/mol. The Morgan fingerprint density at radius 1 is 1.32 bits per heavy atom. The highest BCUT2D eigenvalue weighted by atomic mass is 32.1. The van der Waals surface area contributed by atoms with Gasteiger partial charge in [-0.15, -0.1) is 11.3 Å². The van der Waals surface area contributed by atoms with Gasteiger partial charge in [0.25, 0.3) is 0 Å². The first-order valence-electron chi connectivity index (χ1n) is 6.63. The van der Waals surface area contributed by atoms with Crippen LogP contribution in [0.15, 0.2) is 29.6 Å². The van der Waals surface area contributed by atoms with Gasteiger partial charge in [-0.05, 0) is 37.9 Å². The summed E-state index contributed by atoms with van der Waals surface area (Å²) in [6.45, 7) is 5.74. The molecule has 0 saturated heterocycles. The average molecular weight is 275 g/mol. The number of benzene rings is 1. The maximum Gasteiger partial charge on any atom is 0.110 e. The number of hydrogen-bond donors (Lipinski definition) is 2. The van der Waals surface area contributed by atoms with Gasteiger partial charge in [0.2, 0.25) is 0 Å². The Bertz CT molecular complexity index is 522. The third kappa shape index (κ3) is 3.86. The lowest BCUT2D eigenvalue weighted by molar-refractivity contribution is 0.572. The predicted molar refractivity (Wildman–Crippen MR) is 81.3 cm³/mol. The maximum absolute atomic E-state index is 5.75. The van der Waals surface area contributed by atoms with Gasteiger partial charge in [0.05, 0.1) is 6.04 Å². The van der Waals surface area contributed by atoms with Crippen LogP contribution in [0, 0.1) is 6.92 Å². The van der Waals surface area contributed by atoms with E-state index in [1.807, 2.05) is 13.0 Å². The molecular weight excluding hydrogens is 254 g/mol. The Kier molecular flexibility index (Phi) is 5.07. The van der Waals surface area contributed by atoms with E-state index in [1.54, 1.807) is 11.3 Å². The first-order chi connectivity index (χ1) is 9.20. The number of rotatable bonds is 6. The van der Waals surface area contributed by atoms with E-state index in [0.29, 0.717) is 12.6 Å². The Labute approximate surface area is 118 Å². The quantitative estimate of drug-likeness (QED) is 0.852. The van der Waals surface area contributed by atoms with Crippen molar-refractivity contribution in [3.05, 3.63) is 51.5 Å². The zero-order chi connectivity index (χ0) is 13.7. The molecule has 0 bridgehead atoms. The molecule has 0 fully saturated rings. The smallest absolute Gasteiger partial charge is 0.110 e. The zero-order valence-electron chi connectivity index (χ0n) is 11.5. The van der Waals surface area contributed by atoms with Crippen molar-refractivity contribution in [3.63, 3.8) is 0 Å². The molecule has 2 rings (SSSR count). The van der Waals surface area contributed by atoms with Crippen LogP contribution in [-0.4, -0.2) is 11.5 Å². The zero-order valence-corrected chi connectivity index (χ0v) is 12.3. The molecule has 1 aromatic heterocycles. The molecule has 3 N–H and O–H groups in total. The molecule has 3 nitrogen and oxygen atoms in total. The van der Waals surface area contributed by atoms with Gasteiger partial charge in [-0.2, -0.15) is 0 Å². The molecule has 0 spiro atoms. The highest BCUT2D eigenvalue weighted by molar-refractivity contribution is 7.09. The summed E-state index contributed by atoms with van der Waals surface area (Å²) >= 11 is 1.72. The van der Waals surface area contributed by atoms with E-state index in [4.69, 9.17) is 5.73 Å². The van der Waals surface area contributed by atoms with Crippen molar-refractivity contribution in [1.82, 2.24) is 10.3 Å². The van der Waals surface area contributed by atoms with Crippen LogP contribution >= 0.6 is 11.3 Å². The van der Waals surface area contributed by atoms with Gasteiger partial charge < -0.3 is 11.1 Å². The fourth-order valence-corrected chi connectivity index (χ4v) is 2.91. The molecule has 0 aliphatic carbocycles. The molecule has 0 radical (unpaired) electrons. The van der Waals surface area contributed by atoms with Crippen LogP contribution < -0.4 is 11.1 Å². The molecule has 1 unspecified atom stereocenters. The van der Waals surface area contributed by atoms with Gasteiger partial charge in [-0.25, -0.2) is 4.98 Å². The SMILES string of the molecule is Cc1csc(C(C)NCCc2ccccc2CN)n1. The number of nitrogens with one attached hydrogen (secondary N) is 1. The molecular formula is C15H21N3S. The van der Waals surface area contributed by atoms with Gasteiger partial charge in [-0.1, -0.05) is 24.3 Å². The largest absolute Gasteiger partial charge is 0.326 e. The normalized spacial score (nSPS) is 12.6. The van der Waals surface area contributed by atoms with Crippen LogP contribution in [0.25, 0.3) is 0 Å². The molecule has 1 aromatic carbocycles. The summed E-state index contributed by atoms with van der Waals surface area (Å²) in [7, 11) is 0. The molecule has 0 amide bonds. The molecule has 4 heteroatoms. The van der Waals surface area contributed by atoms with Crippen molar-refractivity contribution in [2.45, 2.75) is 32.9 Å². The number of hydrogen-bond acceptors (Lipinski definition) is 4. The summed E-state index contributed by atoms with van der Waals surface area (Å²) in [5.41, 5.74) is 9.42. The Hall–Kier alpha value is -1.23. The van der Waals surface area contributed by atoms with Gasteiger partial charge >= 0.3 is 0 Å². The van der Waals surface area contributed by atoms with E-state index < -0.39 is 0 Å². The lowest BCUT2D eigenvalue weighted by Crippen LogP contribution is -2.21. The van der Waals surface area contributed by atoms with Crippen molar-refractivity contribution >= 4 is 11.3 Å². The second-order valence-electron chi connectivity index (χ2n) is 4.73. The first-order valence-corrected chi connectivity index (χ1v) is 7.51. The molecule has 0 saturated carbocycles. The number of nitrogens with two attached hydrogens (primary N) is 1. The van der Waals surface area contributed by atoms with Crippen LogP contribution in [0.4, 0.5) is 0 Å². The van der Waals surface area contributed by atoms with Gasteiger partial charge in [-0.3, -0.25) is 0 Å². The lowest BCUT2D eigenvalue weighted by Gasteiger charge is -2.12. The van der Waals surface area contributed by atoms with Crippen LogP contribution in [0.1, 0.15) is 34.8 Å². The number of aromatic nitrogens is 1. The van der Waals surface area contributed by atoms with Crippen LogP contribution in [-0.2, 0) is 13.0 Å². The average Bonchev–Trinajstić information content (AvgIpc) is 2.86. The highest BCUT2D eigenvalue weighted by Gasteiger charge is 2.08. The second-order valence-corrected chi connectivity index (χ2v) is 5.62. The van der Waals surface area contributed by atoms with Gasteiger partial charge in [0.1, 0.15) is 5.01 Å². The van der Waals surface area contributed by atoms with E-state index in [-0.39, 0.29) is 0 Å². The minimum absolute atomic E-state index is 0.309. The Morgan fingerprint density at radius 2 is 2.05 bits per heavy atom. The molecule has 1 heterocycles. The highest BCUT2D eigenvalue weighted by Crippen LogP contribution is 2.17. The summed E-state index contributed by atoms with van der Waals surface area (Å²) in [6.07, 6.45) is 1.00. The summed E-state index contributed by atoms with van der Waals surface area (Å²) in [5.74, 6) is 0. The van der Waals surface area contributed by atoms with E-state index in [2.05, 4.69) is 40.8 Å². The fraction of sp³-hybridized carbons (Fsp3) is 0.400. The topological polar surface area (TPSA) is 50.9 Å². The Morgan fingerprint density at radius 3 is 2.68 bits per heavy atom. The first kappa shape index (κ1) is 14.2. The van der Waals surface area contributed by atoms with Crippen molar-refractivity contribution in [1.29, 1.82) is 0 Å². The van der Waals surface area contributed by atoms with Gasteiger partial charge in [0, 0.05) is 17.6 Å². The summed E-state index contributed by atoms with van der Waals surface area (Å²) in [6, 6.07) is 8.68. The third-order valence-electron chi connectivity index (χ3n) is 3.19. The molecule has 1 atom stereocenters. The Balaban J connectivity index is 1.86. The van der Waals surface area contributed by atoms with Crippen molar-refractivity contribution in [3.8, 4) is 0 Å². The second kappa shape index (κ2) is 6.80. The van der Waals surface area contributed by atoms with Crippen LogP contribution in [0.3, 0.4) is 0 Å². The third-order valence-corrected chi connectivity index (χ3v) is 4.34. The number of thiazole rings is 1. The van der Waals surface area contributed by atoms with E-state index in [1.165, 1.54) is 11.1 Å². The molecule has 0 aliphatic rings. The van der Waals surface area contributed by atoms with Crippen molar-refractivity contribution in [2.24, 2.45) is 5.73 Å². The predicted octanol–water partition coefficient (Wildman–Crippen LogP) is 2.80. The summed E-state index contributed by atoms with van der Waals surface area (Å²) in [4.78, 5) is 4.51. The van der Waals surface area contributed by atoms with Crippen LogP contribution in [0.5, 0.6) is 0 Å².